The second kappa shape index (κ2) is 7.82. The van der Waals surface area contributed by atoms with E-state index in [4.69, 9.17) is 21.1 Å². The number of thioether (sulfide) groups is 1. The topological polar surface area (TPSA) is 35.5 Å². The van der Waals surface area contributed by atoms with Gasteiger partial charge in [0.15, 0.2) is 0 Å². The van der Waals surface area contributed by atoms with Gasteiger partial charge in [0, 0.05) is 10.6 Å². The average Bonchev–Trinajstić information content (AvgIpc) is 3.01. The molecule has 2 heterocycles. The van der Waals surface area contributed by atoms with E-state index in [1.54, 1.807) is 23.9 Å². The molecule has 0 N–H and O–H groups in total. The van der Waals surface area contributed by atoms with Crippen molar-refractivity contribution in [3.05, 3.63) is 54.3 Å². The summed E-state index contributed by atoms with van der Waals surface area (Å²) in [6.07, 6.45) is 3.81. The molecule has 6 heteroatoms. The second-order valence-corrected chi connectivity index (χ2v) is 8.63. The highest BCUT2D eigenvalue weighted by atomic mass is 35.5. The van der Waals surface area contributed by atoms with E-state index in [9.17, 15) is 9.18 Å². The molecule has 0 spiro atoms. The molecule has 2 saturated heterocycles. The number of hydrogen-bond donors (Lipinski definition) is 0. The number of benzene rings is 2. The van der Waals surface area contributed by atoms with Gasteiger partial charge in [-0.05, 0) is 85.8 Å². The first-order valence-electron chi connectivity index (χ1n) is 9.04. The summed E-state index contributed by atoms with van der Waals surface area (Å²) in [6, 6.07) is 13.6. The van der Waals surface area contributed by atoms with Crippen LogP contribution >= 0.6 is 23.4 Å². The lowest BCUT2D eigenvalue weighted by Gasteiger charge is -2.37. The number of fused-ring (bicyclic) bond motifs is 2. The third kappa shape index (κ3) is 4.31. The summed E-state index contributed by atoms with van der Waals surface area (Å²) in [7, 11) is 0. The predicted octanol–water partition coefficient (Wildman–Crippen LogP) is 5.80. The maximum Gasteiger partial charge on any atom is 0.228 e. The van der Waals surface area contributed by atoms with Gasteiger partial charge in [-0.25, -0.2) is 4.39 Å². The zero-order valence-electron chi connectivity index (χ0n) is 14.7. The largest absolute Gasteiger partial charge is 0.457 e. The molecule has 0 radical (unpaired) electrons. The molecule has 0 amide bonds. The van der Waals surface area contributed by atoms with E-state index in [0.29, 0.717) is 30.1 Å². The Morgan fingerprint density at radius 1 is 1.07 bits per heavy atom. The fraction of sp³-hybridized carbons (Fsp3) is 0.381. The first kappa shape index (κ1) is 18.8. The van der Waals surface area contributed by atoms with Gasteiger partial charge in [0.05, 0.1) is 17.6 Å². The number of carbonyl (C=O) groups excluding carboxylic acids is 1. The zero-order chi connectivity index (χ0) is 18.9. The molecule has 0 aromatic heterocycles. The summed E-state index contributed by atoms with van der Waals surface area (Å²) in [6.45, 7) is 0. The first-order valence-corrected chi connectivity index (χ1v) is 10.4. The highest BCUT2D eigenvalue weighted by Crippen LogP contribution is 2.47. The van der Waals surface area contributed by atoms with Gasteiger partial charge >= 0.3 is 0 Å². The van der Waals surface area contributed by atoms with Crippen LogP contribution in [0.4, 0.5) is 4.39 Å². The van der Waals surface area contributed by atoms with E-state index in [1.807, 2.05) is 24.3 Å². The van der Waals surface area contributed by atoms with Crippen LogP contribution in [-0.2, 0) is 9.53 Å². The number of halogens is 2. The van der Waals surface area contributed by atoms with Gasteiger partial charge in [0.25, 0.3) is 0 Å². The van der Waals surface area contributed by atoms with Gasteiger partial charge in [-0.3, -0.25) is 4.79 Å². The Hall–Kier alpha value is -1.56. The first-order chi connectivity index (χ1) is 13.0. The highest BCUT2D eigenvalue weighted by molar-refractivity contribution is 7.99. The molecule has 27 heavy (non-hydrogen) atoms. The molecule has 2 aromatic carbocycles. The second-order valence-electron chi connectivity index (χ2n) is 7.24. The third-order valence-corrected chi connectivity index (χ3v) is 6.94. The molecule has 2 fully saturated rings. The lowest BCUT2D eigenvalue weighted by Crippen LogP contribution is -2.41. The Labute approximate surface area is 167 Å². The predicted molar refractivity (Wildman–Crippen MR) is 104 cm³/mol. The van der Waals surface area contributed by atoms with Crippen LogP contribution in [0.1, 0.15) is 25.7 Å². The molecule has 0 saturated carbocycles. The van der Waals surface area contributed by atoms with Crippen LogP contribution in [0.5, 0.6) is 11.5 Å². The van der Waals surface area contributed by atoms with Crippen molar-refractivity contribution in [2.45, 2.75) is 42.8 Å². The lowest BCUT2D eigenvalue weighted by molar-refractivity contribution is -0.129. The van der Waals surface area contributed by atoms with Crippen LogP contribution < -0.4 is 4.74 Å². The number of rotatable bonds is 6. The maximum atomic E-state index is 13.0. The summed E-state index contributed by atoms with van der Waals surface area (Å²) in [5.74, 6) is 1.63. The monoisotopic (exact) mass is 406 g/mol. The van der Waals surface area contributed by atoms with E-state index in [2.05, 4.69) is 0 Å². The van der Waals surface area contributed by atoms with Gasteiger partial charge < -0.3 is 9.47 Å². The van der Waals surface area contributed by atoms with Crippen LogP contribution in [0.15, 0.2) is 53.4 Å². The smallest absolute Gasteiger partial charge is 0.228 e. The van der Waals surface area contributed by atoms with Crippen molar-refractivity contribution in [2.75, 3.05) is 5.75 Å². The summed E-state index contributed by atoms with van der Waals surface area (Å²) in [4.78, 5) is 13.2. The van der Waals surface area contributed by atoms with Crippen LogP contribution in [-0.4, -0.2) is 23.2 Å². The van der Waals surface area contributed by atoms with E-state index in [-0.39, 0.29) is 23.3 Å². The fourth-order valence-corrected chi connectivity index (χ4v) is 5.27. The number of carbonyl (C=O) groups is 1. The van der Waals surface area contributed by atoms with Crippen molar-refractivity contribution in [1.29, 1.82) is 0 Å². The Morgan fingerprint density at radius 3 is 2.19 bits per heavy atom. The molecule has 2 aliphatic rings. The van der Waals surface area contributed by atoms with Crippen molar-refractivity contribution >= 4 is 28.6 Å². The molecular formula is C21H20ClFO3S. The fourth-order valence-electron chi connectivity index (χ4n) is 3.83. The van der Waals surface area contributed by atoms with Crippen molar-refractivity contribution in [1.82, 2.24) is 0 Å². The van der Waals surface area contributed by atoms with Crippen molar-refractivity contribution in [3.8, 4) is 11.5 Å². The third-order valence-electron chi connectivity index (χ3n) is 5.24. The standard InChI is InChI=1S/C21H20ClFO3S/c22-20(24)21(11-17-5-6-18(12-21)26-17)13-27-19-9-7-16(8-10-19)25-15-3-1-14(23)2-4-15/h1-4,7-10,17-18H,5-6,11-13H2. The zero-order valence-corrected chi connectivity index (χ0v) is 16.3. The van der Waals surface area contributed by atoms with Crippen molar-refractivity contribution in [3.63, 3.8) is 0 Å². The lowest BCUT2D eigenvalue weighted by atomic mass is 9.80. The summed E-state index contributed by atoms with van der Waals surface area (Å²) >= 11 is 7.65. The minimum atomic E-state index is -0.500. The molecule has 3 nitrogen and oxygen atoms in total. The Bertz CT molecular complexity index is 797. The maximum absolute atomic E-state index is 13.0. The summed E-state index contributed by atoms with van der Waals surface area (Å²) in [5, 5.41) is -0.244. The van der Waals surface area contributed by atoms with Crippen molar-refractivity contribution < 1.29 is 18.7 Å². The molecule has 2 bridgehead atoms. The van der Waals surface area contributed by atoms with Gasteiger partial charge in [-0.15, -0.1) is 11.8 Å². The normalized spacial score (nSPS) is 26.7. The minimum absolute atomic E-state index is 0.165. The Balaban J connectivity index is 1.39. The van der Waals surface area contributed by atoms with Crippen LogP contribution in [0.3, 0.4) is 0 Å². The highest BCUT2D eigenvalue weighted by Gasteiger charge is 2.48. The number of ether oxygens (including phenoxy) is 2. The Kier molecular flexibility index (Phi) is 5.44. The van der Waals surface area contributed by atoms with Crippen LogP contribution in [0, 0.1) is 11.2 Å². The van der Waals surface area contributed by atoms with Gasteiger partial charge in [-0.2, -0.15) is 0 Å². The van der Waals surface area contributed by atoms with Crippen LogP contribution in [0.25, 0.3) is 0 Å². The molecule has 4 rings (SSSR count). The van der Waals surface area contributed by atoms with Crippen molar-refractivity contribution in [2.24, 2.45) is 5.41 Å². The molecule has 0 aliphatic carbocycles. The molecule has 2 aliphatic heterocycles. The molecule has 2 atom stereocenters. The summed E-state index contributed by atoms with van der Waals surface area (Å²) in [5.41, 5.74) is -0.500. The average molecular weight is 407 g/mol. The molecule has 2 aromatic rings. The van der Waals surface area contributed by atoms with Gasteiger partial charge in [0.2, 0.25) is 5.24 Å². The van der Waals surface area contributed by atoms with E-state index in [0.717, 1.165) is 17.7 Å². The summed E-state index contributed by atoms with van der Waals surface area (Å²) < 4.78 is 24.5. The number of hydrogen-bond acceptors (Lipinski definition) is 4. The van der Waals surface area contributed by atoms with Gasteiger partial charge in [-0.1, -0.05) is 0 Å². The van der Waals surface area contributed by atoms with Gasteiger partial charge in [0.1, 0.15) is 17.3 Å². The minimum Gasteiger partial charge on any atom is -0.457 e. The SMILES string of the molecule is O=C(Cl)C1(CSc2ccc(Oc3ccc(F)cc3)cc2)CC2CCC(C1)O2. The van der Waals surface area contributed by atoms with E-state index in [1.165, 1.54) is 12.1 Å². The Morgan fingerprint density at radius 2 is 1.63 bits per heavy atom. The van der Waals surface area contributed by atoms with E-state index >= 15 is 0 Å². The molecule has 2 unspecified atom stereocenters. The quantitative estimate of drug-likeness (QED) is 0.448. The molecule has 142 valence electrons. The molecular weight excluding hydrogens is 387 g/mol. The van der Waals surface area contributed by atoms with Crippen LogP contribution in [0.2, 0.25) is 0 Å². The van der Waals surface area contributed by atoms with E-state index < -0.39 is 5.41 Å².